The van der Waals surface area contributed by atoms with Gasteiger partial charge in [0.15, 0.2) is 28.2 Å². The van der Waals surface area contributed by atoms with Crippen molar-refractivity contribution in [2.24, 2.45) is 0 Å². The summed E-state index contributed by atoms with van der Waals surface area (Å²) in [7, 11) is -1.25. The Balaban J connectivity index is 0.000000372. The number of H-pyrrole nitrogens is 1. The number of ether oxygens (including phenoxy) is 5. The maximum Gasteiger partial charge on any atom is 0.294 e. The molecule has 0 saturated carbocycles. The Bertz CT molecular complexity index is 2420. The molecule has 0 atom stereocenters. The number of carbonyl (C=O) groups is 1. The number of para-hydroxylation sites is 2. The van der Waals surface area contributed by atoms with E-state index in [1.165, 1.54) is 32.7 Å². The number of benzene rings is 2. The summed E-state index contributed by atoms with van der Waals surface area (Å²) < 4.78 is 57.0. The quantitative estimate of drug-likeness (QED) is 0.0474. The van der Waals surface area contributed by atoms with Gasteiger partial charge in [-0.3, -0.25) is 14.5 Å². The van der Waals surface area contributed by atoms with Crippen molar-refractivity contribution in [3.63, 3.8) is 0 Å². The number of hydrogen-bond acceptors (Lipinski definition) is 18. The molecule has 0 spiro atoms. The van der Waals surface area contributed by atoms with Crippen molar-refractivity contribution in [1.82, 2.24) is 40.6 Å². The molecule has 308 valence electrons. The summed E-state index contributed by atoms with van der Waals surface area (Å²) in [4.78, 5) is 41.7. The molecule has 6 aromatic rings. The Labute approximate surface area is 337 Å². The smallest absolute Gasteiger partial charge is 0.294 e. The third kappa shape index (κ3) is 12.1. The first kappa shape index (κ1) is 42.8. The zero-order chi connectivity index (χ0) is 42.2. The molecular formula is C37H38N10O11S. The summed E-state index contributed by atoms with van der Waals surface area (Å²) >= 11 is 0. The fraction of sp³-hybridized carbons (Fsp3) is 0.243. The standard InChI is InChI=1S/C28H29N9O6S.C9H9NO5/c1-17(2)19-9-10-23(30-16-19)44(38,39)35-27-24(43-22-8-6-5-7-21(22)41-4)28(42-14-13-40-3)32-25(31-27)18-11-12-29-20(15-18)26-33-36-37-34-26;11-7-14-5-8-2-1-3-9(4-8)6-15-10(12)13/h5-12,15-17H,13-14H2,1-4H3,(H,31,32,35)(H,33,34,36,37);1-4,7H,5-6H2. The van der Waals surface area contributed by atoms with Gasteiger partial charge in [0.2, 0.25) is 11.6 Å². The molecule has 0 bridgehead atoms. The number of nitrogens with zero attached hydrogens (tertiary/aromatic N) is 8. The normalized spacial score (nSPS) is 10.9. The number of rotatable bonds is 19. The van der Waals surface area contributed by atoms with E-state index in [1.807, 2.05) is 13.8 Å². The molecule has 0 radical (unpaired) electrons. The van der Waals surface area contributed by atoms with Crippen LogP contribution in [-0.2, 0) is 42.3 Å². The zero-order valence-electron chi connectivity index (χ0n) is 32.0. The molecule has 21 nitrogen and oxygen atoms in total. The van der Waals surface area contributed by atoms with Crippen LogP contribution < -0.4 is 18.9 Å². The molecule has 4 heterocycles. The molecule has 0 aliphatic rings. The lowest BCUT2D eigenvalue weighted by Gasteiger charge is -2.18. The minimum Gasteiger partial charge on any atom is -0.493 e. The number of aromatic nitrogens is 8. The summed E-state index contributed by atoms with van der Waals surface area (Å²) in [5.41, 5.74) is 3.13. The molecule has 0 amide bonds. The average Bonchev–Trinajstić information content (AvgIpc) is 3.79. The second-order valence-electron chi connectivity index (χ2n) is 12.2. The van der Waals surface area contributed by atoms with Crippen molar-refractivity contribution in [3.8, 4) is 46.0 Å². The zero-order valence-corrected chi connectivity index (χ0v) is 32.9. The topological polar surface area (TPSA) is 268 Å². The van der Waals surface area contributed by atoms with Gasteiger partial charge in [-0.15, -0.1) is 20.3 Å². The second-order valence-corrected chi connectivity index (χ2v) is 13.8. The molecule has 2 aromatic carbocycles. The summed E-state index contributed by atoms with van der Waals surface area (Å²) in [6, 6.07) is 20.1. The Morgan fingerprint density at radius 2 is 1.69 bits per heavy atom. The van der Waals surface area contributed by atoms with Gasteiger partial charge in [-0.1, -0.05) is 56.3 Å². The molecule has 59 heavy (non-hydrogen) atoms. The lowest BCUT2D eigenvalue weighted by molar-refractivity contribution is -0.763. The third-order valence-electron chi connectivity index (χ3n) is 7.81. The number of tetrazole rings is 1. The summed E-state index contributed by atoms with van der Waals surface area (Å²) in [5, 5.41) is 22.8. The molecule has 4 aromatic heterocycles. The highest BCUT2D eigenvalue weighted by Crippen LogP contribution is 2.41. The van der Waals surface area contributed by atoms with Crippen molar-refractivity contribution < 1.29 is 46.8 Å². The monoisotopic (exact) mass is 830 g/mol. The molecule has 0 aliphatic heterocycles. The van der Waals surface area contributed by atoms with Crippen molar-refractivity contribution in [3.05, 3.63) is 112 Å². The number of nitrogens with one attached hydrogen (secondary N) is 2. The van der Waals surface area contributed by atoms with Crippen LogP contribution >= 0.6 is 0 Å². The summed E-state index contributed by atoms with van der Waals surface area (Å²) in [6.07, 6.45) is 3.03. The van der Waals surface area contributed by atoms with Gasteiger partial charge in [-0.25, -0.2) is 9.97 Å². The first-order valence-electron chi connectivity index (χ1n) is 17.4. The number of pyridine rings is 2. The van der Waals surface area contributed by atoms with Crippen LogP contribution in [0.25, 0.3) is 22.9 Å². The van der Waals surface area contributed by atoms with E-state index in [-0.39, 0.29) is 72.2 Å². The largest absolute Gasteiger partial charge is 0.493 e. The van der Waals surface area contributed by atoms with Gasteiger partial charge in [0.05, 0.1) is 13.7 Å². The fourth-order valence-corrected chi connectivity index (χ4v) is 5.89. The third-order valence-corrected chi connectivity index (χ3v) is 9.07. The van der Waals surface area contributed by atoms with E-state index >= 15 is 0 Å². The molecule has 6 rings (SSSR count). The van der Waals surface area contributed by atoms with Crippen LogP contribution in [0.1, 0.15) is 36.5 Å². The first-order valence-corrected chi connectivity index (χ1v) is 18.9. The van der Waals surface area contributed by atoms with Crippen LogP contribution in [0.2, 0.25) is 0 Å². The Hall–Kier alpha value is -7.33. The van der Waals surface area contributed by atoms with Crippen molar-refractivity contribution >= 4 is 22.3 Å². The first-order chi connectivity index (χ1) is 28.5. The number of sulfonamides is 1. The number of hydrogen-bond donors (Lipinski definition) is 2. The number of aromatic amines is 1. The van der Waals surface area contributed by atoms with E-state index in [9.17, 15) is 23.3 Å². The van der Waals surface area contributed by atoms with Crippen LogP contribution in [0.4, 0.5) is 5.82 Å². The van der Waals surface area contributed by atoms with Gasteiger partial charge in [-0.05, 0) is 58.2 Å². The molecule has 0 unspecified atom stereocenters. The lowest BCUT2D eigenvalue weighted by atomic mass is 10.1. The van der Waals surface area contributed by atoms with E-state index in [0.29, 0.717) is 29.0 Å². The number of carbonyl (C=O) groups excluding carboxylic acids is 1. The molecule has 2 N–H and O–H groups in total. The van der Waals surface area contributed by atoms with Crippen LogP contribution in [0.3, 0.4) is 0 Å². The number of anilines is 1. The van der Waals surface area contributed by atoms with Crippen LogP contribution in [0.5, 0.6) is 23.1 Å². The van der Waals surface area contributed by atoms with Crippen LogP contribution in [0, 0.1) is 10.1 Å². The predicted molar refractivity (Wildman–Crippen MR) is 207 cm³/mol. The minimum absolute atomic E-state index is 0.0586. The van der Waals surface area contributed by atoms with Crippen molar-refractivity contribution in [2.75, 3.05) is 32.2 Å². The Kier molecular flexibility index (Phi) is 15.0. The maximum absolute atomic E-state index is 13.6. The van der Waals surface area contributed by atoms with E-state index in [2.05, 4.69) is 54.9 Å². The molecule has 0 saturated heterocycles. The SMILES string of the molecule is COCCOc1nc(-c2ccnc(-c3nn[nH]n3)c2)nc(NS(=O)(=O)c2ccc(C(C)C)cn2)c1Oc1ccccc1OC.O=COCc1cccc(CO[N+](=O)[O-])c1. The van der Waals surface area contributed by atoms with Crippen LogP contribution in [-0.4, -0.2) is 88.0 Å². The minimum atomic E-state index is -4.26. The highest BCUT2D eigenvalue weighted by atomic mass is 32.2. The van der Waals surface area contributed by atoms with Gasteiger partial charge in [-0.2, -0.15) is 18.6 Å². The van der Waals surface area contributed by atoms with E-state index in [1.54, 1.807) is 66.7 Å². The van der Waals surface area contributed by atoms with E-state index in [4.69, 9.17) is 18.9 Å². The number of methoxy groups -OCH3 is 2. The van der Waals surface area contributed by atoms with Crippen molar-refractivity contribution in [2.45, 2.75) is 38.0 Å². The highest BCUT2D eigenvalue weighted by Gasteiger charge is 2.26. The highest BCUT2D eigenvalue weighted by molar-refractivity contribution is 7.92. The lowest BCUT2D eigenvalue weighted by Crippen LogP contribution is -2.17. The fourth-order valence-electron chi connectivity index (χ4n) is 4.95. The predicted octanol–water partition coefficient (Wildman–Crippen LogP) is 4.93. The van der Waals surface area contributed by atoms with Crippen molar-refractivity contribution in [1.29, 1.82) is 0 Å². The second kappa shape index (κ2) is 20.7. The van der Waals surface area contributed by atoms with E-state index < -0.39 is 15.1 Å². The average molecular weight is 831 g/mol. The summed E-state index contributed by atoms with van der Waals surface area (Å²) in [5.74, 6) is 0.794. The summed E-state index contributed by atoms with van der Waals surface area (Å²) in [6.45, 7) is 4.66. The Morgan fingerprint density at radius 3 is 2.36 bits per heavy atom. The molecule has 0 aliphatic carbocycles. The van der Waals surface area contributed by atoms with Gasteiger partial charge >= 0.3 is 0 Å². The van der Waals surface area contributed by atoms with Gasteiger partial charge < -0.3 is 28.5 Å². The Morgan fingerprint density at radius 1 is 0.915 bits per heavy atom. The maximum atomic E-state index is 13.6. The molecule has 22 heteroatoms. The van der Waals surface area contributed by atoms with Gasteiger partial charge in [0.25, 0.3) is 27.5 Å². The van der Waals surface area contributed by atoms with Crippen LogP contribution in [0.15, 0.2) is 90.2 Å². The molecule has 0 fully saturated rings. The molecular weight excluding hydrogens is 793 g/mol. The van der Waals surface area contributed by atoms with Gasteiger partial charge in [0, 0.05) is 25.1 Å². The van der Waals surface area contributed by atoms with E-state index in [0.717, 1.165) is 11.1 Å². The van der Waals surface area contributed by atoms with Gasteiger partial charge in [0.1, 0.15) is 25.5 Å².